The molecule has 3 saturated heterocycles. The molecule has 2 aromatic heterocycles. The fraction of sp³-hybridized carbons (Fsp3) is 0.455. The van der Waals surface area contributed by atoms with E-state index in [2.05, 4.69) is 20.2 Å². The number of ether oxygens (including phenoxy) is 4. The van der Waals surface area contributed by atoms with E-state index in [-0.39, 0.29) is 18.3 Å². The predicted octanol–water partition coefficient (Wildman–Crippen LogP) is -3.30. The highest BCUT2D eigenvalue weighted by Crippen LogP contribution is 2.43. The fourth-order valence-corrected chi connectivity index (χ4v) is 4.34. The van der Waals surface area contributed by atoms with Crippen molar-refractivity contribution < 1.29 is 49.0 Å². The summed E-state index contributed by atoms with van der Waals surface area (Å²) in [5.74, 6) is -1.91. The molecule has 0 saturated carbocycles. The molecule has 3 unspecified atom stereocenters. The number of rotatable bonds is 6. The van der Waals surface area contributed by atoms with Gasteiger partial charge in [-0.2, -0.15) is 0 Å². The third-order valence-electron chi connectivity index (χ3n) is 6.29. The molecule has 40 heavy (non-hydrogen) atoms. The van der Waals surface area contributed by atoms with Crippen LogP contribution >= 0.6 is 0 Å². The second kappa shape index (κ2) is 11.3. The Labute approximate surface area is 224 Å². The summed E-state index contributed by atoms with van der Waals surface area (Å²) in [6.45, 7) is -0.222. The van der Waals surface area contributed by atoms with Crippen molar-refractivity contribution in [3.8, 4) is 0 Å². The first kappa shape index (κ1) is 27.7. The maximum absolute atomic E-state index is 11.2. The van der Waals surface area contributed by atoms with Crippen LogP contribution in [-0.4, -0.2) is 105 Å². The summed E-state index contributed by atoms with van der Waals surface area (Å²) in [5.41, 5.74) is 11.0. The predicted molar refractivity (Wildman–Crippen MR) is 125 cm³/mol. The molecule has 6 rings (SSSR count). The normalized spacial score (nSPS) is 32.9. The maximum atomic E-state index is 11.2. The molecule has 3 aliphatic heterocycles. The van der Waals surface area contributed by atoms with E-state index in [1.54, 1.807) is 0 Å². The van der Waals surface area contributed by atoms with Crippen LogP contribution in [0, 0.1) is 0 Å². The van der Waals surface area contributed by atoms with Crippen molar-refractivity contribution in [2.75, 3.05) is 6.61 Å². The molecule has 0 spiro atoms. The second-order valence-corrected chi connectivity index (χ2v) is 8.91. The van der Waals surface area contributed by atoms with Gasteiger partial charge in [-0.1, -0.05) is 30.3 Å². The third kappa shape index (κ3) is 5.29. The summed E-state index contributed by atoms with van der Waals surface area (Å²) >= 11 is 0. The van der Waals surface area contributed by atoms with E-state index in [0.29, 0.717) is 0 Å². The number of aliphatic hydroxyl groups is 4. The van der Waals surface area contributed by atoms with Gasteiger partial charge >= 0.3 is 0 Å². The largest absolute Gasteiger partial charge is 0.394 e. The highest BCUT2D eigenvalue weighted by molar-refractivity contribution is 5.88. The molecular formula is C22H26N8O10. The fourth-order valence-electron chi connectivity index (χ4n) is 4.34. The number of amides is 2. The average Bonchev–Trinajstić information content (AvgIpc) is 3.76. The van der Waals surface area contributed by atoms with Crippen molar-refractivity contribution in [2.45, 2.75) is 55.6 Å². The monoisotopic (exact) mass is 562 g/mol. The minimum absolute atomic E-state index is 0.110. The minimum atomic E-state index is -1.51. The van der Waals surface area contributed by atoms with Gasteiger partial charge in [-0.25, -0.2) is 19.3 Å². The average molecular weight is 562 g/mol. The second-order valence-electron chi connectivity index (χ2n) is 8.91. The lowest BCUT2D eigenvalue weighted by Gasteiger charge is -2.19. The molecule has 3 aliphatic rings. The van der Waals surface area contributed by atoms with E-state index in [4.69, 9.17) is 35.5 Å². The van der Waals surface area contributed by atoms with Crippen LogP contribution in [0.4, 0.5) is 0 Å². The molecule has 3 aromatic rings. The Hall–Kier alpha value is -3.88. The van der Waals surface area contributed by atoms with Crippen LogP contribution in [0.2, 0.25) is 0 Å². The Bertz CT molecular complexity index is 1340. The molecule has 18 heteroatoms. The SMILES string of the molecule is NC(=O)c1ncn([C@@H]2O[C@H](CO)C3OC(c4ccccc4)O[C@H]32)n1.NC(=O)c1ncn([C@@H]2O[C@H](O)C(O)[C@H]2O)n1. The van der Waals surface area contributed by atoms with Gasteiger partial charge in [-0.05, 0) is 0 Å². The molecule has 0 bridgehead atoms. The number of hydrogen-bond donors (Lipinski definition) is 6. The number of nitrogens with zero attached hydrogens (tertiary/aromatic N) is 6. The number of carbonyl (C=O) groups excluding carboxylic acids is 2. The standard InChI is InChI=1S/C15H16N4O5.C7H10N4O5/c16-12(21)13-17-7-19(18-13)14-11-10(9(6-20)22-14)23-15(24-11)8-4-2-1-3-5-8;8-4(14)5-9-1-11(10-5)6-2(12)3(13)7(15)16-6/h1-5,7,9-11,14-15,20H,6H2,(H2,16,21);1-3,6-7,12-13,15H,(H2,8,14)/t9-,10?,11-,14-,15?;2-,3?,6-,7+/m11/s1. The molecule has 0 radical (unpaired) electrons. The number of fused-ring (bicyclic) bond motifs is 1. The number of benzene rings is 1. The van der Waals surface area contributed by atoms with Crippen molar-refractivity contribution in [3.63, 3.8) is 0 Å². The van der Waals surface area contributed by atoms with Gasteiger partial charge in [0.15, 0.2) is 25.0 Å². The molecule has 18 nitrogen and oxygen atoms in total. The first-order valence-electron chi connectivity index (χ1n) is 11.9. The third-order valence-corrected chi connectivity index (χ3v) is 6.29. The molecule has 1 aromatic carbocycles. The van der Waals surface area contributed by atoms with Crippen LogP contribution in [0.3, 0.4) is 0 Å². The number of primary amides is 2. The van der Waals surface area contributed by atoms with Crippen LogP contribution in [0.25, 0.3) is 0 Å². The van der Waals surface area contributed by atoms with Crippen LogP contribution < -0.4 is 11.5 Å². The Morgan fingerprint density at radius 3 is 1.88 bits per heavy atom. The van der Waals surface area contributed by atoms with E-state index in [1.165, 1.54) is 11.0 Å². The summed E-state index contributed by atoms with van der Waals surface area (Å²) in [6.07, 6.45) is -5.69. The molecule has 9 atom stereocenters. The van der Waals surface area contributed by atoms with Crippen LogP contribution in [-0.2, 0) is 18.9 Å². The lowest BCUT2D eigenvalue weighted by Crippen LogP contribution is -2.31. The number of aromatic nitrogens is 6. The smallest absolute Gasteiger partial charge is 0.288 e. The van der Waals surface area contributed by atoms with Gasteiger partial charge in [0.25, 0.3) is 11.8 Å². The summed E-state index contributed by atoms with van der Waals surface area (Å²) < 4.78 is 24.8. The summed E-state index contributed by atoms with van der Waals surface area (Å²) in [6, 6.07) is 9.49. The maximum Gasteiger partial charge on any atom is 0.288 e. The number of hydrogen-bond acceptors (Lipinski definition) is 14. The number of carbonyl (C=O) groups is 2. The Kier molecular flexibility index (Phi) is 7.83. The lowest BCUT2D eigenvalue weighted by molar-refractivity contribution is -0.156. The molecule has 214 valence electrons. The molecule has 8 N–H and O–H groups in total. The summed E-state index contributed by atoms with van der Waals surface area (Å²) in [4.78, 5) is 29.3. The zero-order valence-electron chi connectivity index (χ0n) is 20.5. The van der Waals surface area contributed by atoms with Crippen molar-refractivity contribution in [1.82, 2.24) is 29.5 Å². The Balaban J connectivity index is 0.000000176. The summed E-state index contributed by atoms with van der Waals surface area (Å²) in [7, 11) is 0. The van der Waals surface area contributed by atoms with Crippen molar-refractivity contribution in [3.05, 3.63) is 60.2 Å². The lowest BCUT2D eigenvalue weighted by atomic mass is 10.1. The van der Waals surface area contributed by atoms with Crippen molar-refractivity contribution in [2.24, 2.45) is 11.5 Å². The van der Waals surface area contributed by atoms with Crippen LogP contribution in [0.5, 0.6) is 0 Å². The highest BCUT2D eigenvalue weighted by atomic mass is 16.8. The molecule has 2 amide bonds. The minimum Gasteiger partial charge on any atom is -0.394 e. The zero-order chi connectivity index (χ0) is 28.6. The van der Waals surface area contributed by atoms with Gasteiger partial charge in [-0.15, -0.1) is 10.2 Å². The molecule has 3 fully saturated rings. The molecular weight excluding hydrogens is 536 g/mol. The van der Waals surface area contributed by atoms with Gasteiger partial charge in [0.2, 0.25) is 11.6 Å². The van der Waals surface area contributed by atoms with Crippen LogP contribution in [0.1, 0.15) is 45.5 Å². The van der Waals surface area contributed by atoms with Gasteiger partial charge < -0.3 is 50.8 Å². The highest BCUT2D eigenvalue weighted by Gasteiger charge is 2.54. The molecule has 5 heterocycles. The topological polar surface area (TPSA) is 265 Å². The van der Waals surface area contributed by atoms with E-state index in [1.807, 2.05) is 30.3 Å². The number of aliphatic hydroxyl groups excluding tert-OH is 4. The van der Waals surface area contributed by atoms with Crippen molar-refractivity contribution >= 4 is 11.8 Å². The first-order chi connectivity index (χ1) is 19.2. The van der Waals surface area contributed by atoms with Gasteiger partial charge in [-0.3, -0.25) is 9.59 Å². The zero-order valence-corrected chi connectivity index (χ0v) is 20.5. The van der Waals surface area contributed by atoms with Crippen molar-refractivity contribution in [1.29, 1.82) is 0 Å². The van der Waals surface area contributed by atoms with Gasteiger partial charge in [0.05, 0.1) is 6.61 Å². The molecule has 0 aliphatic carbocycles. The van der Waals surface area contributed by atoms with Gasteiger partial charge in [0.1, 0.15) is 43.2 Å². The number of nitrogens with two attached hydrogens (primary N) is 2. The van der Waals surface area contributed by atoms with E-state index in [9.17, 15) is 24.9 Å². The van der Waals surface area contributed by atoms with Gasteiger partial charge in [0, 0.05) is 5.56 Å². The van der Waals surface area contributed by atoms with E-state index < -0.39 is 67.4 Å². The van der Waals surface area contributed by atoms with Crippen LogP contribution in [0.15, 0.2) is 43.0 Å². The summed E-state index contributed by atoms with van der Waals surface area (Å²) in [5, 5.41) is 45.0. The Morgan fingerprint density at radius 1 is 0.800 bits per heavy atom. The van der Waals surface area contributed by atoms with E-state index in [0.717, 1.165) is 16.6 Å². The van der Waals surface area contributed by atoms with E-state index >= 15 is 0 Å². The quantitative estimate of drug-likeness (QED) is 0.172. The Morgan fingerprint density at radius 2 is 1.38 bits per heavy atom. The first-order valence-corrected chi connectivity index (χ1v) is 11.9.